The van der Waals surface area contributed by atoms with Gasteiger partial charge in [-0.05, 0) is 67.9 Å². The normalized spacial score (nSPS) is 14.6. The third-order valence-electron chi connectivity index (χ3n) is 6.37. The molecular weight excluding hydrogens is 544 g/mol. The molecule has 0 radical (unpaired) electrons. The molecule has 0 saturated carbocycles. The third-order valence-corrected chi connectivity index (χ3v) is 9.10. The molecule has 1 N–H and O–H groups in total. The topological polar surface area (TPSA) is 95.3 Å². The van der Waals surface area contributed by atoms with Crippen molar-refractivity contribution in [1.82, 2.24) is 14.8 Å². The van der Waals surface area contributed by atoms with E-state index in [1.54, 1.807) is 6.08 Å². The second-order valence-corrected chi connectivity index (χ2v) is 11.8. The summed E-state index contributed by atoms with van der Waals surface area (Å²) in [6, 6.07) is 3.77. The molecule has 202 valence electrons. The molecule has 0 spiro atoms. The van der Waals surface area contributed by atoms with Crippen molar-refractivity contribution >= 4 is 51.6 Å². The summed E-state index contributed by atoms with van der Waals surface area (Å²) >= 11 is 8.99. The van der Waals surface area contributed by atoms with Crippen molar-refractivity contribution in [2.24, 2.45) is 5.92 Å². The number of allylic oxidation sites excluding steroid dienone is 1. The predicted octanol–water partition coefficient (Wildman–Crippen LogP) is 6.02. The van der Waals surface area contributed by atoms with Gasteiger partial charge in [0.05, 0.1) is 18.4 Å². The lowest BCUT2D eigenvalue weighted by molar-refractivity contribution is -0.113. The Morgan fingerprint density at radius 1 is 1.32 bits per heavy atom. The van der Waals surface area contributed by atoms with Crippen LogP contribution in [0.25, 0.3) is 0 Å². The number of aryl methyl sites for hydroxylation is 2. The van der Waals surface area contributed by atoms with E-state index in [1.165, 1.54) is 30.2 Å². The molecule has 1 aliphatic carbocycles. The van der Waals surface area contributed by atoms with E-state index in [0.717, 1.165) is 45.9 Å². The second kappa shape index (κ2) is 12.4. The van der Waals surface area contributed by atoms with Crippen molar-refractivity contribution in [2.45, 2.75) is 58.3 Å². The number of carbonyl (C=O) groups excluding carboxylic acids is 2. The Balaban J connectivity index is 1.44. The molecule has 3 aromatic rings. The molecule has 0 bridgehead atoms. The molecule has 0 saturated heterocycles. The van der Waals surface area contributed by atoms with Gasteiger partial charge < -0.3 is 14.8 Å². The van der Waals surface area contributed by atoms with Gasteiger partial charge in [-0.3, -0.25) is 9.36 Å². The number of halogens is 1. The first-order valence-electron chi connectivity index (χ1n) is 12.3. The molecule has 1 aliphatic rings. The number of rotatable bonds is 10. The molecule has 2 aromatic heterocycles. The zero-order chi connectivity index (χ0) is 27.4. The summed E-state index contributed by atoms with van der Waals surface area (Å²) in [7, 11) is 1.36. The van der Waals surface area contributed by atoms with Gasteiger partial charge in [0.25, 0.3) is 0 Å². The van der Waals surface area contributed by atoms with Gasteiger partial charge in [0, 0.05) is 16.4 Å². The number of ether oxygens (including phenoxy) is 2. The maximum atomic E-state index is 12.9. The van der Waals surface area contributed by atoms with Crippen molar-refractivity contribution < 1.29 is 19.1 Å². The SMILES string of the molecule is C=CCn1c(COc2cc(C)c(Cl)c(C)c2)nnc1SCC(=O)Nc1sc2c(c1C(=O)OC)CCC(C)C2. The van der Waals surface area contributed by atoms with Crippen molar-refractivity contribution in [3.8, 4) is 5.75 Å². The van der Waals surface area contributed by atoms with Crippen LogP contribution in [0, 0.1) is 19.8 Å². The fourth-order valence-corrected chi connectivity index (χ4v) is 6.72. The summed E-state index contributed by atoms with van der Waals surface area (Å²) < 4.78 is 12.8. The summed E-state index contributed by atoms with van der Waals surface area (Å²) in [5, 5.41) is 13.3. The number of hydrogen-bond donors (Lipinski definition) is 1. The average Bonchev–Trinajstić information content (AvgIpc) is 3.44. The van der Waals surface area contributed by atoms with Crippen molar-refractivity contribution in [1.29, 1.82) is 0 Å². The van der Waals surface area contributed by atoms with Crippen LogP contribution in [0.1, 0.15) is 51.1 Å². The van der Waals surface area contributed by atoms with Crippen molar-refractivity contribution in [3.63, 3.8) is 0 Å². The Kier molecular flexibility index (Phi) is 9.17. The standard InChI is InChI=1S/C27H31ClN4O4S2/c1-6-9-32-21(13-36-18-11-16(3)24(28)17(4)12-18)30-31-27(32)37-14-22(33)29-25-23(26(34)35-5)19-8-7-15(2)10-20(19)38-25/h6,11-12,15H,1,7-10,13-14H2,2-5H3,(H,29,33). The van der Waals surface area contributed by atoms with Gasteiger partial charge >= 0.3 is 5.97 Å². The molecule has 0 aliphatic heterocycles. The van der Waals surface area contributed by atoms with E-state index in [0.29, 0.717) is 39.8 Å². The first-order valence-corrected chi connectivity index (χ1v) is 14.5. The van der Waals surface area contributed by atoms with Crippen molar-refractivity contribution in [3.05, 3.63) is 62.8 Å². The number of nitrogens with one attached hydrogen (secondary N) is 1. The first kappa shape index (κ1) is 28.2. The number of thiophene rings is 1. The van der Waals surface area contributed by atoms with Gasteiger partial charge in [0.2, 0.25) is 5.91 Å². The van der Waals surface area contributed by atoms with E-state index in [9.17, 15) is 9.59 Å². The molecule has 2 heterocycles. The molecule has 1 aromatic carbocycles. The predicted molar refractivity (Wildman–Crippen MR) is 152 cm³/mol. The summed E-state index contributed by atoms with van der Waals surface area (Å²) in [5.74, 6) is 1.32. The Hall–Kier alpha value is -2.82. The minimum absolute atomic E-state index is 0.102. The molecule has 11 heteroatoms. The highest BCUT2D eigenvalue weighted by Crippen LogP contribution is 2.40. The van der Waals surface area contributed by atoms with Crippen molar-refractivity contribution in [2.75, 3.05) is 18.2 Å². The van der Waals surface area contributed by atoms with Crippen LogP contribution in [0.5, 0.6) is 5.75 Å². The number of hydrogen-bond acceptors (Lipinski definition) is 8. The third kappa shape index (κ3) is 6.24. The molecule has 38 heavy (non-hydrogen) atoms. The van der Waals surface area contributed by atoms with E-state index in [1.807, 2.05) is 30.5 Å². The van der Waals surface area contributed by atoms with E-state index in [4.69, 9.17) is 21.1 Å². The summed E-state index contributed by atoms with van der Waals surface area (Å²) in [5.41, 5.74) is 3.37. The van der Waals surface area contributed by atoms with Crippen LogP contribution in [0.15, 0.2) is 29.9 Å². The van der Waals surface area contributed by atoms with E-state index < -0.39 is 5.97 Å². The lowest BCUT2D eigenvalue weighted by atomic mass is 9.88. The fourth-order valence-electron chi connectivity index (χ4n) is 4.43. The van der Waals surface area contributed by atoms with Gasteiger partial charge in [0.1, 0.15) is 17.4 Å². The first-order chi connectivity index (χ1) is 18.2. The molecule has 1 unspecified atom stereocenters. The fraction of sp³-hybridized carbons (Fsp3) is 0.407. The zero-order valence-electron chi connectivity index (χ0n) is 21.9. The van der Waals surface area contributed by atoms with Crippen LogP contribution in [-0.2, 0) is 35.5 Å². The van der Waals surface area contributed by atoms with Gasteiger partial charge in [-0.2, -0.15) is 0 Å². The summed E-state index contributed by atoms with van der Waals surface area (Å²) in [4.78, 5) is 26.6. The largest absolute Gasteiger partial charge is 0.486 e. The summed E-state index contributed by atoms with van der Waals surface area (Å²) in [6.45, 7) is 10.6. The van der Waals surface area contributed by atoms with Crippen LogP contribution in [0.3, 0.4) is 0 Å². The number of methoxy groups -OCH3 is 1. The maximum Gasteiger partial charge on any atom is 0.341 e. The summed E-state index contributed by atoms with van der Waals surface area (Å²) in [6.07, 6.45) is 4.47. The highest BCUT2D eigenvalue weighted by atomic mass is 35.5. The maximum absolute atomic E-state index is 12.9. The number of anilines is 1. The Morgan fingerprint density at radius 3 is 2.74 bits per heavy atom. The number of fused-ring (bicyclic) bond motifs is 1. The second-order valence-electron chi connectivity index (χ2n) is 9.34. The quantitative estimate of drug-likeness (QED) is 0.180. The lowest BCUT2D eigenvalue weighted by Crippen LogP contribution is -2.17. The number of nitrogens with zero attached hydrogens (tertiary/aromatic N) is 3. The molecule has 4 rings (SSSR count). The van der Waals surface area contributed by atoms with E-state index in [2.05, 4.69) is 29.0 Å². The molecule has 8 nitrogen and oxygen atoms in total. The van der Waals surface area contributed by atoms with Gasteiger partial charge in [0.15, 0.2) is 11.0 Å². The highest BCUT2D eigenvalue weighted by molar-refractivity contribution is 7.99. The lowest BCUT2D eigenvalue weighted by Gasteiger charge is -2.18. The van der Waals surface area contributed by atoms with Crippen LogP contribution in [0.4, 0.5) is 5.00 Å². The number of carbonyl (C=O) groups is 2. The zero-order valence-corrected chi connectivity index (χ0v) is 24.3. The Morgan fingerprint density at radius 2 is 2.05 bits per heavy atom. The average molecular weight is 575 g/mol. The van der Waals surface area contributed by atoms with Gasteiger partial charge in [-0.1, -0.05) is 36.4 Å². The monoisotopic (exact) mass is 574 g/mol. The number of esters is 1. The van der Waals surface area contributed by atoms with E-state index in [-0.39, 0.29) is 18.3 Å². The smallest absolute Gasteiger partial charge is 0.341 e. The highest BCUT2D eigenvalue weighted by Gasteiger charge is 2.29. The van der Waals surface area contributed by atoms with Gasteiger partial charge in [-0.15, -0.1) is 28.1 Å². The molecule has 1 atom stereocenters. The number of aromatic nitrogens is 3. The molecule has 0 fully saturated rings. The molecular formula is C27H31ClN4O4S2. The minimum Gasteiger partial charge on any atom is -0.486 e. The van der Waals surface area contributed by atoms with Crippen LogP contribution in [0.2, 0.25) is 5.02 Å². The number of benzene rings is 1. The minimum atomic E-state index is -0.415. The van der Waals surface area contributed by atoms with Gasteiger partial charge in [-0.25, -0.2) is 4.79 Å². The number of amides is 1. The van der Waals surface area contributed by atoms with Crippen LogP contribution < -0.4 is 10.1 Å². The molecule has 1 amide bonds. The van der Waals surface area contributed by atoms with E-state index >= 15 is 0 Å². The van der Waals surface area contributed by atoms with Crippen LogP contribution >= 0.6 is 34.7 Å². The Labute approximate surface area is 235 Å². The Bertz CT molecular complexity index is 1340. The number of thioether (sulfide) groups is 1. The van der Waals surface area contributed by atoms with Crippen LogP contribution in [-0.4, -0.2) is 39.5 Å².